The van der Waals surface area contributed by atoms with Crippen LogP contribution in [-0.2, 0) is 0 Å². The molecule has 1 aliphatic rings. The third-order valence-electron chi connectivity index (χ3n) is 7.07. The molecular weight excluding hydrogens is 460 g/mol. The van der Waals surface area contributed by atoms with E-state index in [1.54, 1.807) is 7.11 Å². The third kappa shape index (κ3) is 5.48. The van der Waals surface area contributed by atoms with Gasteiger partial charge in [0.25, 0.3) is 0 Å². The second-order valence-corrected chi connectivity index (χ2v) is 9.48. The minimum atomic E-state index is -0.132. The van der Waals surface area contributed by atoms with Crippen LogP contribution < -0.4 is 4.74 Å². The summed E-state index contributed by atoms with van der Waals surface area (Å²) in [5.74, 6) is 1.65. The van der Waals surface area contributed by atoms with Crippen molar-refractivity contribution in [1.82, 2.24) is 30.0 Å². The maximum absolute atomic E-state index is 5.80. The highest BCUT2D eigenvalue weighted by Crippen LogP contribution is 2.35. The van der Waals surface area contributed by atoms with Gasteiger partial charge in [-0.3, -0.25) is 9.80 Å². The number of ether oxygens (including phenoxy) is 1. The summed E-state index contributed by atoms with van der Waals surface area (Å²) < 4.78 is 7.71. The van der Waals surface area contributed by atoms with E-state index in [9.17, 15) is 0 Å². The summed E-state index contributed by atoms with van der Waals surface area (Å²) in [6.07, 6.45) is 4.45. The third-order valence-corrected chi connectivity index (χ3v) is 7.07. The molecule has 7 heteroatoms. The number of tetrazole rings is 1. The molecule has 37 heavy (non-hydrogen) atoms. The first-order valence-electron chi connectivity index (χ1n) is 12.8. The largest absolute Gasteiger partial charge is 0.496 e. The van der Waals surface area contributed by atoms with Gasteiger partial charge in [0.15, 0.2) is 5.82 Å². The van der Waals surface area contributed by atoms with Gasteiger partial charge in [0.05, 0.1) is 12.8 Å². The van der Waals surface area contributed by atoms with Gasteiger partial charge in [-0.1, -0.05) is 78.9 Å². The molecule has 0 bridgehead atoms. The molecule has 7 nitrogen and oxygen atoms in total. The van der Waals surface area contributed by atoms with Crippen molar-refractivity contribution in [3.05, 3.63) is 107 Å². The molecule has 1 aliphatic heterocycles. The van der Waals surface area contributed by atoms with Gasteiger partial charge in [0, 0.05) is 38.3 Å². The number of aryl methyl sites for hydroxylation is 2. The number of aromatic nitrogens is 4. The lowest BCUT2D eigenvalue weighted by atomic mass is 10.0. The van der Waals surface area contributed by atoms with E-state index < -0.39 is 0 Å². The number of piperazine rings is 1. The molecular formula is C30H34N6O. The average molecular weight is 495 g/mol. The predicted molar refractivity (Wildman–Crippen MR) is 147 cm³/mol. The molecule has 1 saturated heterocycles. The SMILES string of the molecule is COc1ccccc1[C@@H](c1nnnn1-c1c(C)cccc1C)N1CCN(C/C=C/c2ccccc2)CC1. The molecule has 4 aromatic rings. The molecule has 2 heterocycles. The van der Waals surface area contributed by atoms with Crippen LogP contribution in [0.1, 0.15) is 34.1 Å². The number of hydrogen-bond acceptors (Lipinski definition) is 6. The van der Waals surface area contributed by atoms with E-state index >= 15 is 0 Å². The minimum absolute atomic E-state index is 0.132. The van der Waals surface area contributed by atoms with E-state index in [1.807, 2.05) is 22.9 Å². The van der Waals surface area contributed by atoms with Crippen LogP contribution in [-0.4, -0.2) is 69.8 Å². The van der Waals surface area contributed by atoms with Crippen molar-refractivity contribution >= 4 is 6.08 Å². The lowest BCUT2D eigenvalue weighted by molar-refractivity contribution is 0.112. The lowest BCUT2D eigenvalue weighted by Crippen LogP contribution is -2.48. The molecule has 0 saturated carbocycles. The summed E-state index contributed by atoms with van der Waals surface area (Å²) >= 11 is 0. The fraction of sp³-hybridized carbons (Fsp3) is 0.300. The predicted octanol–water partition coefficient (Wildman–Crippen LogP) is 4.71. The van der Waals surface area contributed by atoms with Crippen molar-refractivity contribution in [1.29, 1.82) is 0 Å². The van der Waals surface area contributed by atoms with Crippen LogP contribution in [0.4, 0.5) is 0 Å². The molecule has 1 aromatic heterocycles. The van der Waals surface area contributed by atoms with Gasteiger partial charge >= 0.3 is 0 Å². The van der Waals surface area contributed by atoms with E-state index in [0.29, 0.717) is 0 Å². The lowest BCUT2D eigenvalue weighted by Gasteiger charge is -2.39. The summed E-state index contributed by atoms with van der Waals surface area (Å²) in [6.45, 7) is 8.89. The monoisotopic (exact) mass is 494 g/mol. The van der Waals surface area contributed by atoms with Crippen molar-refractivity contribution in [3.63, 3.8) is 0 Å². The number of hydrogen-bond donors (Lipinski definition) is 0. The van der Waals surface area contributed by atoms with Crippen LogP contribution in [0.2, 0.25) is 0 Å². The van der Waals surface area contributed by atoms with Gasteiger partial charge in [-0.25, -0.2) is 0 Å². The van der Waals surface area contributed by atoms with Gasteiger partial charge in [-0.2, -0.15) is 4.68 Å². The molecule has 0 amide bonds. The summed E-state index contributed by atoms with van der Waals surface area (Å²) in [4.78, 5) is 4.97. The molecule has 0 aliphatic carbocycles. The Labute approximate surface area is 219 Å². The van der Waals surface area contributed by atoms with Gasteiger partial charge in [-0.15, -0.1) is 5.10 Å². The van der Waals surface area contributed by atoms with E-state index in [0.717, 1.165) is 66.7 Å². The first-order chi connectivity index (χ1) is 18.2. The Kier molecular flexibility index (Phi) is 7.73. The molecule has 5 rings (SSSR count). The van der Waals surface area contributed by atoms with Crippen LogP contribution in [0.25, 0.3) is 11.8 Å². The van der Waals surface area contributed by atoms with E-state index in [4.69, 9.17) is 4.74 Å². The van der Waals surface area contributed by atoms with Crippen molar-refractivity contribution in [3.8, 4) is 11.4 Å². The Morgan fingerprint density at radius 3 is 2.30 bits per heavy atom. The van der Waals surface area contributed by atoms with Crippen LogP contribution in [0.3, 0.4) is 0 Å². The van der Waals surface area contributed by atoms with Gasteiger partial charge in [-0.05, 0) is 47.0 Å². The topological polar surface area (TPSA) is 59.3 Å². The van der Waals surface area contributed by atoms with Gasteiger partial charge < -0.3 is 4.74 Å². The maximum Gasteiger partial charge on any atom is 0.178 e. The smallest absolute Gasteiger partial charge is 0.178 e. The number of methoxy groups -OCH3 is 1. The van der Waals surface area contributed by atoms with Crippen LogP contribution in [0, 0.1) is 13.8 Å². The van der Waals surface area contributed by atoms with Crippen molar-refractivity contribution in [2.24, 2.45) is 0 Å². The highest BCUT2D eigenvalue weighted by Gasteiger charge is 2.33. The Hall–Kier alpha value is -3.81. The zero-order valence-electron chi connectivity index (χ0n) is 21.8. The molecule has 0 radical (unpaired) electrons. The Morgan fingerprint density at radius 2 is 1.57 bits per heavy atom. The Balaban J connectivity index is 1.42. The number of rotatable bonds is 8. The first kappa shape index (κ1) is 24.9. The zero-order chi connectivity index (χ0) is 25.6. The van der Waals surface area contributed by atoms with Crippen LogP contribution in [0.15, 0.2) is 78.9 Å². The van der Waals surface area contributed by atoms with Gasteiger partial charge in [0.2, 0.25) is 0 Å². The molecule has 0 N–H and O–H groups in total. The van der Waals surface area contributed by atoms with Gasteiger partial charge in [0.1, 0.15) is 11.8 Å². The Bertz CT molecular complexity index is 1320. The molecule has 3 aromatic carbocycles. The number of para-hydroxylation sites is 2. The van der Waals surface area contributed by atoms with E-state index in [2.05, 4.69) is 106 Å². The van der Waals surface area contributed by atoms with Crippen molar-refractivity contribution in [2.45, 2.75) is 19.9 Å². The molecule has 1 fully saturated rings. The summed E-state index contributed by atoms with van der Waals surface area (Å²) in [6, 6.07) is 24.8. The van der Waals surface area contributed by atoms with E-state index in [-0.39, 0.29) is 6.04 Å². The Morgan fingerprint density at radius 1 is 0.865 bits per heavy atom. The normalized spacial score (nSPS) is 15.8. The second kappa shape index (κ2) is 11.5. The molecule has 190 valence electrons. The highest BCUT2D eigenvalue weighted by molar-refractivity contribution is 5.49. The second-order valence-electron chi connectivity index (χ2n) is 9.48. The average Bonchev–Trinajstić information content (AvgIpc) is 3.39. The standard InChI is InChI=1S/C30H34N6O/c1-23-11-9-12-24(2)28(23)36-30(31-32-33-36)29(26-16-7-8-17-27(26)37-3)35-21-19-34(20-22-35)18-10-15-25-13-5-4-6-14-25/h4-17,29H,18-22H2,1-3H3/b15-10+/t29-/m0/s1. The van der Waals surface area contributed by atoms with E-state index in [1.165, 1.54) is 5.56 Å². The summed E-state index contributed by atoms with van der Waals surface area (Å²) in [5.41, 5.74) is 5.62. The van der Waals surface area contributed by atoms with Crippen molar-refractivity contribution < 1.29 is 4.74 Å². The van der Waals surface area contributed by atoms with Crippen molar-refractivity contribution in [2.75, 3.05) is 39.8 Å². The molecule has 0 unspecified atom stereocenters. The maximum atomic E-state index is 5.80. The summed E-state index contributed by atoms with van der Waals surface area (Å²) in [7, 11) is 1.72. The fourth-order valence-electron chi connectivity index (χ4n) is 5.16. The zero-order valence-corrected chi connectivity index (χ0v) is 21.8. The quantitative estimate of drug-likeness (QED) is 0.354. The number of benzene rings is 3. The summed E-state index contributed by atoms with van der Waals surface area (Å²) in [5, 5.41) is 13.2. The highest BCUT2D eigenvalue weighted by atomic mass is 16.5. The molecule has 1 atom stereocenters. The molecule has 0 spiro atoms. The number of nitrogens with zero attached hydrogens (tertiary/aromatic N) is 6. The first-order valence-corrected chi connectivity index (χ1v) is 12.8. The van der Waals surface area contributed by atoms with Crippen LogP contribution >= 0.6 is 0 Å². The minimum Gasteiger partial charge on any atom is -0.496 e. The fourth-order valence-corrected chi connectivity index (χ4v) is 5.16. The van der Waals surface area contributed by atoms with Crippen LogP contribution in [0.5, 0.6) is 5.75 Å².